The smallest absolute Gasteiger partial charge is 0.191 e. The van der Waals surface area contributed by atoms with Gasteiger partial charge in [-0.3, -0.25) is 0 Å². The molecule has 2 rings (SSSR count). The summed E-state index contributed by atoms with van der Waals surface area (Å²) in [5.41, 5.74) is 0.883. The first kappa shape index (κ1) is 22.9. The molecular weight excluding hydrogens is 485 g/mol. The summed E-state index contributed by atoms with van der Waals surface area (Å²) in [6.45, 7) is 3.54. The van der Waals surface area contributed by atoms with Gasteiger partial charge in [-0.1, -0.05) is 17.7 Å². The minimum absolute atomic E-state index is 0. The van der Waals surface area contributed by atoms with Gasteiger partial charge in [0, 0.05) is 32.1 Å². The molecule has 2 aromatic heterocycles. The lowest BCUT2D eigenvalue weighted by Crippen LogP contribution is -2.39. The Labute approximate surface area is 180 Å². The molecule has 0 saturated heterocycles. The van der Waals surface area contributed by atoms with Crippen molar-refractivity contribution < 1.29 is 5.11 Å². The van der Waals surface area contributed by atoms with E-state index in [1.54, 1.807) is 6.07 Å². The summed E-state index contributed by atoms with van der Waals surface area (Å²) in [6.07, 6.45) is -0.628. The van der Waals surface area contributed by atoms with Crippen molar-refractivity contribution in [3.8, 4) is 0 Å². The van der Waals surface area contributed by atoms with Gasteiger partial charge in [0.15, 0.2) is 5.96 Å². The molecule has 3 N–H and O–H groups in total. The monoisotopic (exact) mass is 509 g/mol. The average molecular weight is 510 g/mol. The summed E-state index contributed by atoms with van der Waals surface area (Å²) in [5, 5.41) is 16.5. The van der Waals surface area contributed by atoms with Gasteiger partial charge in [-0.2, -0.15) is 0 Å². The number of nitrogens with one attached hydrogen (secondary N) is 2. The molecule has 1 atom stereocenters. The van der Waals surface area contributed by atoms with Crippen LogP contribution in [0.1, 0.15) is 23.6 Å². The van der Waals surface area contributed by atoms with E-state index in [1.807, 2.05) is 50.2 Å². The summed E-state index contributed by atoms with van der Waals surface area (Å²) >= 11 is 7.29. The van der Waals surface area contributed by atoms with Crippen LogP contribution >= 0.6 is 46.9 Å². The minimum atomic E-state index is -0.628. The molecule has 0 aliphatic carbocycles. The van der Waals surface area contributed by atoms with Crippen molar-refractivity contribution in [3.05, 3.63) is 45.2 Å². The second-order valence-electron chi connectivity index (χ2n) is 5.62. The van der Waals surface area contributed by atoms with Crippen molar-refractivity contribution >= 4 is 58.7 Å². The van der Waals surface area contributed by atoms with Crippen LogP contribution in [0, 0.1) is 0 Å². The van der Waals surface area contributed by atoms with Gasteiger partial charge in [0.05, 0.1) is 16.6 Å². The van der Waals surface area contributed by atoms with E-state index >= 15 is 0 Å². The zero-order valence-corrected chi connectivity index (χ0v) is 19.0. The molecule has 2 heterocycles. The molecule has 0 radical (unpaired) electrons. The van der Waals surface area contributed by atoms with E-state index in [0.29, 0.717) is 23.4 Å². The summed E-state index contributed by atoms with van der Waals surface area (Å²) in [6, 6.07) is 9.49. The summed E-state index contributed by atoms with van der Waals surface area (Å²) < 4.78 is 0.668. The minimum Gasteiger partial charge on any atom is -0.386 e. The quantitative estimate of drug-likeness (QED) is 0.304. The van der Waals surface area contributed by atoms with E-state index in [1.165, 1.54) is 11.3 Å². The number of aliphatic hydroxyl groups is 1. The maximum Gasteiger partial charge on any atom is 0.191 e. The Hall–Kier alpha value is -1.10. The first-order valence-corrected chi connectivity index (χ1v) is 9.27. The van der Waals surface area contributed by atoms with Crippen LogP contribution in [0.5, 0.6) is 0 Å². The highest BCUT2D eigenvalue weighted by molar-refractivity contribution is 14.0. The number of aromatic nitrogens is 1. The van der Waals surface area contributed by atoms with Crippen molar-refractivity contribution in [1.29, 1.82) is 0 Å². The topological polar surface area (TPSA) is 72.8 Å². The number of thiophene rings is 1. The highest BCUT2D eigenvalue weighted by Crippen LogP contribution is 2.26. The fraction of sp³-hybridized carbons (Fsp3) is 0.412. The van der Waals surface area contributed by atoms with Crippen molar-refractivity contribution in [2.45, 2.75) is 19.6 Å². The predicted molar refractivity (Wildman–Crippen MR) is 121 cm³/mol. The molecule has 0 bridgehead atoms. The number of halogens is 2. The van der Waals surface area contributed by atoms with E-state index in [2.05, 4.69) is 20.6 Å². The molecule has 0 fully saturated rings. The van der Waals surface area contributed by atoms with Crippen LogP contribution in [0.4, 0.5) is 5.82 Å². The zero-order valence-electron chi connectivity index (χ0n) is 15.1. The van der Waals surface area contributed by atoms with Crippen LogP contribution < -0.4 is 15.5 Å². The lowest BCUT2D eigenvalue weighted by atomic mass is 10.3. The second kappa shape index (κ2) is 11.6. The molecule has 1 unspecified atom stereocenters. The van der Waals surface area contributed by atoms with Crippen LogP contribution in [-0.2, 0) is 6.54 Å². The summed E-state index contributed by atoms with van der Waals surface area (Å²) in [4.78, 5) is 11.9. The highest BCUT2D eigenvalue weighted by atomic mass is 127. The number of anilines is 1. The van der Waals surface area contributed by atoms with E-state index in [-0.39, 0.29) is 24.0 Å². The average Bonchev–Trinajstić information content (AvgIpc) is 3.04. The number of hydrogen-bond acceptors (Lipinski definition) is 5. The van der Waals surface area contributed by atoms with Crippen molar-refractivity contribution in [2.24, 2.45) is 4.99 Å². The number of hydrogen-bond donors (Lipinski definition) is 3. The van der Waals surface area contributed by atoms with Gasteiger partial charge in [0.25, 0.3) is 0 Å². The first-order chi connectivity index (χ1) is 12.0. The third-order valence-corrected chi connectivity index (χ3v) is 4.71. The van der Waals surface area contributed by atoms with Gasteiger partial charge < -0.3 is 20.6 Å². The molecule has 0 aliphatic heterocycles. The van der Waals surface area contributed by atoms with Gasteiger partial charge in [0.2, 0.25) is 0 Å². The SMILES string of the molecule is CCNC(=NCc1cccc(N(C)C)n1)NCC(O)c1ccc(Cl)s1.I. The number of rotatable bonds is 7. The van der Waals surface area contributed by atoms with E-state index < -0.39 is 6.10 Å². The highest BCUT2D eigenvalue weighted by Gasteiger charge is 2.11. The summed E-state index contributed by atoms with van der Waals surface area (Å²) in [7, 11) is 3.92. The maximum atomic E-state index is 10.2. The molecular formula is C17H25ClIN5OS. The molecule has 26 heavy (non-hydrogen) atoms. The zero-order chi connectivity index (χ0) is 18.2. The number of aliphatic imine (C=N–C) groups is 1. The van der Waals surface area contributed by atoms with Crippen LogP contribution in [-0.4, -0.2) is 43.2 Å². The molecule has 6 nitrogen and oxygen atoms in total. The summed E-state index contributed by atoms with van der Waals surface area (Å²) in [5.74, 6) is 1.54. The number of pyridine rings is 1. The molecule has 2 aromatic rings. The van der Waals surface area contributed by atoms with Gasteiger partial charge in [-0.25, -0.2) is 9.98 Å². The van der Waals surface area contributed by atoms with Gasteiger partial charge in [-0.05, 0) is 31.2 Å². The van der Waals surface area contributed by atoms with E-state index in [4.69, 9.17) is 11.6 Å². The standard InChI is InChI=1S/C17H24ClN5OS.HI/c1-4-19-17(21-11-13(24)14-8-9-15(18)25-14)20-10-12-6-5-7-16(22-12)23(2)3;/h5-9,13,24H,4,10-11H2,1-3H3,(H2,19,20,21);1H. The third kappa shape index (κ3) is 7.26. The number of aliphatic hydroxyl groups excluding tert-OH is 1. The lowest BCUT2D eigenvalue weighted by molar-refractivity contribution is 0.184. The Bertz CT molecular complexity index is 710. The van der Waals surface area contributed by atoms with Gasteiger partial charge in [0.1, 0.15) is 11.9 Å². The fourth-order valence-corrected chi connectivity index (χ4v) is 3.15. The van der Waals surface area contributed by atoms with Crippen molar-refractivity contribution in [3.63, 3.8) is 0 Å². The van der Waals surface area contributed by atoms with E-state index in [0.717, 1.165) is 22.9 Å². The Morgan fingerprint density at radius 1 is 1.31 bits per heavy atom. The molecule has 0 aliphatic rings. The van der Waals surface area contributed by atoms with Gasteiger partial charge in [-0.15, -0.1) is 35.3 Å². The first-order valence-electron chi connectivity index (χ1n) is 8.08. The van der Waals surface area contributed by atoms with Crippen molar-refractivity contribution in [2.75, 3.05) is 32.1 Å². The molecule has 0 saturated carbocycles. The number of nitrogens with zero attached hydrogens (tertiary/aromatic N) is 3. The fourth-order valence-electron chi connectivity index (χ4n) is 2.11. The Morgan fingerprint density at radius 2 is 2.08 bits per heavy atom. The van der Waals surface area contributed by atoms with Gasteiger partial charge >= 0.3 is 0 Å². The van der Waals surface area contributed by atoms with E-state index in [9.17, 15) is 5.11 Å². The molecule has 0 amide bonds. The Morgan fingerprint density at radius 3 is 2.69 bits per heavy atom. The predicted octanol–water partition coefficient (Wildman–Crippen LogP) is 3.27. The normalized spacial score (nSPS) is 12.3. The number of guanidine groups is 1. The van der Waals surface area contributed by atoms with Crippen LogP contribution in [0.2, 0.25) is 4.34 Å². The molecule has 0 spiro atoms. The Kier molecular flexibility index (Phi) is 10.2. The second-order valence-corrected chi connectivity index (χ2v) is 7.36. The molecule has 0 aromatic carbocycles. The molecule has 144 valence electrons. The lowest BCUT2D eigenvalue weighted by Gasteiger charge is -2.15. The third-order valence-electron chi connectivity index (χ3n) is 3.38. The largest absolute Gasteiger partial charge is 0.386 e. The Balaban J connectivity index is 0.00000338. The maximum absolute atomic E-state index is 10.2. The van der Waals surface area contributed by atoms with Crippen LogP contribution in [0.15, 0.2) is 35.3 Å². The van der Waals surface area contributed by atoms with Crippen molar-refractivity contribution in [1.82, 2.24) is 15.6 Å². The molecule has 9 heteroatoms. The van der Waals surface area contributed by atoms with Crippen LogP contribution in [0.25, 0.3) is 0 Å². The van der Waals surface area contributed by atoms with Crippen LogP contribution in [0.3, 0.4) is 0 Å².